The van der Waals surface area contributed by atoms with Gasteiger partial charge < -0.3 is 9.47 Å². The number of esters is 2. The molecule has 0 heterocycles. The molecule has 0 unspecified atom stereocenters. The highest BCUT2D eigenvalue weighted by atomic mass is 32.2. The van der Waals surface area contributed by atoms with Gasteiger partial charge in [-0.1, -0.05) is 194 Å². The van der Waals surface area contributed by atoms with E-state index in [1.807, 2.05) is 0 Å². The third-order valence-corrected chi connectivity index (χ3v) is 9.91. The molecule has 0 spiro atoms. The molecule has 0 aromatic rings. The molecule has 0 rings (SSSR count). The average molecular weight is 655 g/mol. The number of ether oxygens (including phenoxy) is 2. The number of hydrogen-bond donors (Lipinski definition) is 0. The second-order valence-corrected chi connectivity index (χ2v) is 14.7. The van der Waals surface area contributed by atoms with E-state index in [2.05, 4.69) is 13.8 Å². The third kappa shape index (κ3) is 39.4. The van der Waals surface area contributed by atoms with Gasteiger partial charge in [-0.3, -0.25) is 9.59 Å². The molecule has 0 aliphatic heterocycles. The van der Waals surface area contributed by atoms with E-state index >= 15 is 0 Å². The van der Waals surface area contributed by atoms with Crippen molar-refractivity contribution in [1.82, 2.24) is 0 Å². The zero-order valence-corrected chi connectivity index (χ0v) is 31.3. The van der Waals surface area contributed by atoms with Crippen LogP contribution in [0.5, 0.6) is 0 Å². The summed E-state index contributed by atoms with van der Waals surface area (Å²) < 4.78 is 10.8. The summed E-state index contributed by atoms with van der Waals surface area (Å²) >= 11 is 1.64. The molecule has 0 aromatic heterocycles. The lowest BCUT2D eigenvalue weighted by atomic mass is 10.0. The Hall–Kier alpha value is -0.710. The summed E-state index contributed by atoms with van der Waals surface area (Å²) in [5, 5.41) is 0. The Balaban J connectivity index is 3.25. The van der Waals surface area contributed by atoms with Crippen molar-refractivity contribution in [3.8, 4) is 0 Å². The highest BCUT2D eigenvalue weighted by molar-refractivity contribution is 7.99. The summed E-state index contributed by atoms with van der Waals surface area (Å²) in [6.45, 7) is 5.66. The summed E-state index contributed by atoms with van der Waals surface area (Å²) in [5.74, 6) is 1.21. The lowest BCUT2D eigenvalue weighted by molar-refractivity contribution is -0.144. The molecular weight excluding hydrogens is 577 g/mol. The van der Waals surface area contributed by atoms with E-state index in [9.17, 15) is 9.59 Å². The molecule has 0 radical (unpaired) electrons. The molecule has 0 saturated carbocycles. The summed E-state index contributed by atoms with van der Waals surface area (Å²) in [4.78, 5) is 23.9. The maximum absolute atomic E-state index is 11.9. The molecule has 0 fully saturated rings. The number of thioether (sulfide) groups is 1. The van der Waals surface area contributed by atoms with Crippen LogP contribution in [0.25, 0.3) is 0 Å². The van der Waals surface area contributed by atoms with Crippen LogP contribution in [0, 0.1) is 0 Å². The molecule has 0 N–H and O–H groups in total. The predicted octanol–water partition coefficient (Wildman–Crippen LogP) is 13.3. The molecule has 0 atom stereocenters. The average Bonchev–Trinajstić information content (AvgIpc) is 3.04. The van der Waals surface area contributed by atoms with Crippen molar-refractivity contribution in [3.63, 3.8) is 0 Å². The number of carbonyl (C=O) groups is 2. The van der Waals surface area contributed by atoms with Crippen molar-refractivity contribution in [2.45, 2.75) is 219 Å². The van der Waals surface area contributed by atoms with Crippen molar-refractivity contribution in [3.05, 3.63) is 0 Å². The zero-order chi connectivity index (χ0) is 32.7. The van der Waals surface area contributed by atoms with E-state index < -0.39 is 0 Å². The third-order valence-electron chi connectivity index (χ3n) is 8.92. The van der Waals surface area contributed by atoms with E-state index in [0.717, 1.165) is 25.7 Å². The van der Waals surface area contributed by atoms with Crippen LogP contribution in [-0.4, -0.2) is 36.7 Å². The molecular formula is C40H78O4S. The van der Waals surface area contributed by atoms with Gasteiger partial charge in [0.25, 0.3) is 0 Å². The van der Waals surface area contributed by atoms with Crippen LogP contribution in [0.4, 0.5) is 0 Å². The maximum Gasteiger partial charge on any atom is 0.306 e. The smallest absolute Gasteiger partial charge is 0.306 e. The van der Waals surface area contributed by atoms with Gasteiger partial charge >= 0.3 is 11.9 Å². The fourth-order valence-electron chi connectivity index (χ4n) is 5.88. The standard InChI is InChI=1S/C40H78O4S/c1-3-5-7-9-11-13-15-17-19-20-22-24-26-28-30-32-36-44-40(42)34-38-45-37-33-39(41)43-35-31-29-27-25-23-21-18-16-14-12-10-8-6-4-2/h3-38H2,1-2H3. The molecule has 0 saturated heterocycles. The molecule has 4 nitrogen and oxygen atoms in total. The lowest BCUT2D eigenvalue weighted by Crippen LogP contribution is -2.09. The second kappa shape index (κ2) is 39.5. The first-order chi connectivity index (χ1) is 22.2. The van der Waals surface area contributed by atoms with Crippen molar-refractivity contribution in [2.75, 3.05) is 24.7 Å². The van der Waals surface area contributed by atoms with Crippen molar-refractivity contribution < 1.29 is 19.1 Å². The number of carbonyl (C=O) groups excluding carboxylic acids is 2. The molecule has 0 aromatic carbocycles. The van der Waals surface area contributed by atoms with Crippen molar-refractivity contribution >= 4 is 23.7 Å². The van der Waals surface area contributed by atoms with Gasteiger partial charge in [0.2, 0.25) is 0 Å². The normalized spacial score (nSPS) is 11.2. The minimum atomic E-state index is -0.108. The van der Waals surface area contributed by atoms with Gasteiger partial charge in [0.05, 0.1) is 26.1 Å². The lowest BCUT2D eigenvalue weighted by Gasteiger charge is -2.06. The number of hydrogen-bond acceptors (Lipinski definition) is 5. The Kier molecular flexibility index (Phi) is 38.8. The first-order valence-corrected chi connectivity index (χ1v) is 21.2. The van der Waals surface area contributed by atoms with E-state index in [4.69, 9.17) is 9.47 Å². The van der Waals surface area contributed by atoms with Gasteiger partial charge in [-0.2, -0.15) is 11.8 Å². The monoisotopic (exact) mass is 655 g/mol. The largest absolute Gasteiger partial charge is 0.466 e. The van der Waals surface area contributed by atoms with Gasteiger partial charge in [0.15, 0.2) is 0 Å². The van der Waals surface area contributed by atoms with E-state index in [0.29, 0.717) is 37.6 Å². The van der Waals surface area contributed by atoms with E-state index in [-0.39, 0.29) is 11.9 Å². The fourth-order valence-corrected chi connectivity index (χ4v) is 6.70. The van der Waals surface area contributed by atoms with Gasteiger partial charge in [0.1, 0.15) is 0 Å². The molecule has 268 valence electrons. The second-order valence-electron chi connectivity index (χ2n) is 13.5. The van der Waals surface area contributed by atoms with Crippen LogP contribution < -0.4 is 0 Å². The van der Waals surface area contributed by atoms with Crippen LogP contribution in [0.1, 0.15) is 219 Å². The van der Waals surface area contributed by atoms with Gasteiger partial charge in [0, 0.05) is 11.5 Å². The van der Waals surface area contributed by atoms with E-state index in [1.165, 1.54) is 167 Å². The van der Waals surface area contributed by atoms with Crippen LogP contribution >= 0.6 is 11.8 Å². The molecule has 0 amide bonds. The first-order valence-electron chi connectivity index (χ1n) is 20.1. The molecule has 0 aliphatic rings. The van der Waals surface area contributed by atoms with Gasteiger partial charge in [-0.25, -0.2) is 0 Å². The van der Waals surface area contributed by atoms with Crippen molar-refractivity contribution in [2.24, 2.45) is 0 Å². The highest BCUT2D eigenvalue weighted by Crippen LogP contribution is 2.15. The topological polar surface area (TPSA) is 52.6 Å². The van der Waals surface area contributed by atoms with Crippen LogP contribution in [-0.2, 0) is 19.1 Å². The van der Waals surface area contributed by atoms with E-state index in [1.54, 1.807) is 11.8 Å². The first kappa shape index (κ1) is 44.3. The minimum absolute atomic E-state index is 0.108. The Labute approximate surface area is 286 Å². The molecule has 0 bridgehead atoms. The predicted molar refractivity (Wildman–Crippen MR) is 198 cm³/mol. The number of unbranched alkanes of at least 4 members (excludes halogenated alkanes) is 28. The Morgan fingerprint density at radius 2 is 0.578 bits per heavy atom. The minimum Gasteiger partial charge on any atom is -0.466 e. The zero-order valence-electron chi connectivity index (χ0n) is 30.5. The summed E-state index contributed by atoms with van der Waals surface area (Å²) in [6, 6.07) is 0. The van der Waals surface area contributed by atoms with Crippen LogP contribution in [0.15, 0.2) is 0 Å². The van der Waals surface area contributed by atoms with Crippen LogP contribution in [0.2, 0.25) is 0 Å². The maximum atomic E-state index is 11.9. The van der Waals surface area contributed by atoms with Crippen molar-refractivity contribution in [1.29, 1.82) is 0 Å². The Bertz CT molecular complexity index is 597. The Morgan fingerprint density at radius 3 is 0.822 bits per heavy atom. The highest BCUT2D eigenvalue weighted by Gasteiger charge is 2.06. The Morgan fingerprint density at radius 1 is 0.356 bits per heavy atom. The quantitative estimate of drug-likeness (QED) is 0.0490. The molecule has 45 heavy (non-hydrogen) atoms. The fraction of sp³-hybridized carbons (Fsp3) is 0.950. The summed E-state index contributed by atoms with van der Waals surface area (Å²) in [6.07, 6.45) is 41.0. The van der Waals surface area contributed by atoms with Crippen LogP contribution in [0.3, 0.4) is 0 Å². The number of rotatable bonds is 38. The van der Waals surface area contributed by atoms with Gasteiger partial charge in [-0.15, -0.1) is 0 Å². The molecule has 0 aliphatic carbocycles. The SMILES string of the molecule is CCCCCCCCCCCCCCCCCCOC(=O)CCSCCC(=O)OCCCCCCCCCCCCCCCC. The van der Waals surface area contributed by atoms with Gasteiger partial charge in [-0.05, 0) is 12.8 Å². The summed E-state index contributed by atoms with van der Waals surface area (Å²) in [7, 11) is 0. The molecule has 5 heteroatoms. The summed E-state index contributed by atoms with van der Waals surface area (Å²) in [5.41, 5.74) is 0.